The van der Waals surface area contributed by atoms with Gasteiger partial charge in [0.05, 0.1) is 36.7 Å². The Balaban J connectivity index is 1.37. The molecular formula is C32H33N7O4. The Kier molecular flexibility index (Phi) is 7.32. The fourth-order valence-corrected chi connectivity index (χ4v) is 5.35. The lowest BCUT2D eigenvalue weighted by Crippen LogP contribution is -2.36. The zero-order valence-corrected chi connectivity index (χ0v) is 24.5. The van der Waals surface area contributed by atoms with Gasteiger partial charge >= 0.3 is 0 Å². The summed E-state index contributed by atoms with van der Waals surface area (Å²) in [5, 5.41) is 20.3. The number of benzene rings is 2. The van der Waals surface area contributed by atoms with Crippen molar-refractivity contribution in [1.82, 2.24) is 19.3 Å². The average molecular weight is 580 g/mol. The molecule has 0 amide bonds. The van der Waals surface area contributed by atoms with Crippen molar-refractivity contribution >= 4 is 33.7 Å². The number of morpholine rings is 1. The van der Waals surface area contributed by atoms with Gasteiger partial charge in [-0.25, -0.2) is 4.98 Å². The second-order valence-corrected chi connectivity index (χ2v) is 10.8. The Morgan fingerprint density at radius 2 is 1.77 bits per heavy atom. The van der Waals surface area contributed by atoms with E-state index in [0.29, 0.717) is 46.6 Å². The molecular weight excluding hydrogens is 546 g/mol. The number of pyridine rings is 2. The molecule has 0 spiro atoms. The highest BCUT2D eigenvalue weighted by Gasteiger charge is 2.19. The molecule has 2 N–H and O–H groups in total. The van der Waals surface area contributed by atoms with E-state index in [0.717, 1.165) is 30.0 Å². The van der Waals surface area contributed by atoms with Crippen molar-refractivity contribution in [3.63, 3.8) is 0 Å². The first-order valence-corrected chi connectivity index (χ1v) is 14.0. The first-order chi connectivity index (χ1) is 20.7. The molecule has 5 aromatic rings. The number of phenols is 1. The van der Waals surface area contributed by atoms with Gasteiger partial charge in [-0.1, -0.05) is 6.07 Å². The van der Waals surface area contributed by atoms with Gasteiger partial charge in [-0.3, -0.25) is 9.59 Å². The lowest BCUT2D eigenvalue weighted by molar-refractivity contribution is 0.122. The Hall–Kier alpha value is -5.16. The van der Waals surface area contributed by atoms with Crippen LogP contribution in [-0.4, -0.2) is 64.8 Å². The maximum Gasteiger partial charge on any atom is 0.279 e. The number of nitrogens with one attached hydrogen (secondary N) is 1. The molecule has 43 heavy (non-hydrogen) atoms. The van der Waals surface area contributed by atoms with Crippen LogP contribution in [0.1, 0.15) is 5.56 Å². The Morgan fingerprint density at radius 3 is 2.49 bits per heavy atom. The van der Waals surface area contributed by atoms with Gasteiger partial charge in [0.1, 0.15) is 22.9 Å². The summed E-state index contributed by atoms with van der Waals surface area (Å²) in [6, 6.07) is 14.5. The Morgan fingerprint density at radius 1 is 0.977 bits per heavy atom. The fraction of sp³-hybridized carbons (Fsp3) is 0.250. The van der Waals surface area contributed by atoms with Crippen LogP contribution in [-0.2, 0) is 11.8 Å². The molecule has 1 aliphatic rings. The van der Waals surface area contributed by atoms with E-state index in [-0.39, 0.29) is 22.6 Å². The topological polar surface area (TPSA) is 118 Å². The van der Waals surface area contributed by atoms with Crippen LogP contribution in [0.5, 0.6) is 5.75 Å². The number of aryl methyl sites for hydroxylation is 2. The minimum atomic E-state index is -0.345. The number of fused-ring (bicyclic) bond motifs is 1. The van der Waals surface area contributed by atoms with Crippen LogP contribution in [0.25, 0.3) is 27.6 Å². The number of aromatic nitrogens is 4. The molecule has 4 heterocycles. The first kappa shape index (κ1) is 28.0. The molecule has 0 bridgehead atoms. The molecule has 0 unspecified atom stereocenters. The second-order valence-electron chi connectivity index (χ2n) is 10.8. The standard InChI is InChI=1S/C32H33N7O4/c1-20-5-9-27(39-31(41)25-8-6-23(36(2)3)15-21(25)17-34-39)30(40)29(20)22-16-26(32(42)37(4)19-22)35-28-10-7-24(18-33-28)38-11-13-43-14-12-38/h5-10,15-19,40H,11-14H2,1-4H3,(H,33,35). The van der Waals surface area contributed by atoms with Crippen LogP contribution in [0.15, 0.2) is 76.7 Å². The third-order valence-corrected chi connectivity index (χ3v) is 7.74. The summed E-state index contributed by atoms with van der Waals surface area (Å²) in [6.07, 6.45) is 5.05. The van der Waals surface area contributed by atoms with Gasteiger partial charge in [0, 0.05) is 62.6 Å². The molecule has 1 fully saturated rings. The molecule has 0 radical (unpaired) electrons. The van der Waals surface area contributed by atoms with E-state index in [1.807, 2.05) is 56.3 Å². The van der Waals surface area contributed by atoms with Crippen LogP contribution < -0.4 is 26.2 Å². The maximum absolute atomic E-state index is 13.5. The van der Waals surface area contributed by atoms with E-state index in [9.17, 15) is 14.7 Å². The lowest BCUT2D eigenvalue weighted by atomic mass is 9.99. The van der Waals surface area contributed by atoms with E-state index >= 15 is 0 Å². The molecule has 2 aromatic carbocycles. The highest BCUT2D eigenvalue weighted by atomic mass is 16.5. The van der Waals surface area contributed by atoms with E-state index in [1.165, 1.54) is 9.25 Å². The number of anilines is 4. The van der Waals surface area contributed by atoms with E-state index in [4.69, 9.17) is 4.74 Å². The first-order valence-electron chi connectivity index (χ1n) is 14.0. The Labute approximate surface area is 248 Å². The van der Waals surface area contributed by atoms with Crippen molar-refractivity contribution in [1.29, 1.82) is 0 Å². The van der Waals surface area contributed by atoms with Crippen LogP contribution in [0.3, 0.4) is 0 Å². The fourth-order valence-electron chi connectivity index (χ4n) is 5.35. The van der Waals surface area contributed by atoms with Gasteiger partial charge in [0.15, 0.2) is 0 Å². The monoisotopic (exact) mass is 579 g/mol. The average Bonchev–Trinajstić information content (AvgIpc) is 3.01. The number of hydrogen-bond acceptors (Lipinski definition) is 9. The summed E-state index contributed by atoms with van der Waals surface area (Å²) >= 11 is 0. The molecule has 11 nitrogen and oxygen atoms in total. The molecule has 0 atom stereocenters. The lowest BCUT2D eigenvalue weighted by Gasteiger charge is -2.28. The number of rotatable bonds is 6. The highest BCUT2D eigenvalue weighted by Crippen LogP contribution is 2.37. The van der Waals surface area contributed by atoms with Gasteiger partial charge in [-0.2, -0.15) is 9.78 Å². The molecule has 1 saturated heterocycles. The molecule has 11 heteroatoms. The predicted molar refractivity (Wildman–Crippen MR) is 169 cm³/mol. The predicted octanol–water partition coefficient (Wildman–Crippen LogP) is 3.81. The third kappa shape index (κ3) is 5.30. The molecule has 6 rings (SSSR count). The van der Waals surface area contributed by atoms with Gasteiger partial charge in [-0.15, -0.1) is 0 Å². The van der Waals surface area contributed by atoms with Gasteiger partial charge in [0.2, 0.25) is 0 Å². The van der Waals surface area contributed by atoms with Crippen LogP contribution >= 0.6 is 0 Å². The Bertz CT molecular complexity index is 1940. The van der Waals surface area contributed by atoms with Crippen LogP contribution in [0.4, 0.5) is 22.9 Å². The van der Waals surface area contributed by atoms with Crippen molar-refractivity contribution in [2.24, 2.45) is 7.05 Å². The number of hydrogen-bond donors (Lipinski definition) is 2. The van der Waals surface area contributed by atoms with Gasteiger partial charge in [0.25, 0.3) is 11.1 Å². The number of ether oxygens (including phenoxy) is 1. The van der Waals surface area contributed by atoms with Gasteiger partial charge < -0.3 is 29.5 Å². The summed E-state index contributed by atoms with van der Waals surface area (Å²) in [5.74, 6) is 0.404. The zero-order valence-electron chi connectivity index (χ0n) is 24.5. The SMILES string of the molecule is Cc1ccc(-n2ncc3cc(N(C)C)ccc3c2=O)c(O)c1-c1cc(Nc2ccc(N3CCOCC3)cn2)c(=O)n(C)c1. The molecule has 3 aromatic heterocycles. The highest BCUT2D eigenvalue weighted by molar-refractivity contribution is 5.85. The number of phenolic OH excluding ortho intramolecular Hbond substituents is 1. The normalized spacial score (nSPS) is 13.3. The zero-order chi connectivity index (χ0) is 30.2. The van der Waals surface area contributed by atoms with Crippen molar-refractivity contribution in [3.8, 4) is 22.6 Å². The van der Waals surface area contributed by atoms with Crippen LogP contribution in [0, 0.1) is 6.92 Å². The van der Waals surface area contributed by atoms with Crippen molar-refractivity contribution in [3.05, 3.63) is 93.4 Å². The van der Waals surface area contributed by atoms with Crippen molar-refractivity contribution in [2.75, 3.05) is 55.5 Å². The van der Waals surface area contributed by atoms with Crippen molar-refractivity contribution in [2.45, 2.75) is 6.92 Å². The minimum Gasteiger partial charge on any atom is -0.505 e. The molecule has 0 saturated carbocycles. The second kappa shape index (κ2) is 11.3. The van der Waals surface area contributed by atoms with Gasteiger partial charge in [-0.05, 0) is 55.0 Å². The largest absolute Gasteiger partial charge is 0.505 e. The minimum absolute atomic E-state index is 0.114. The summed E-state index contributed by atoms with van der Waals surface area (Å²) in [4.78, 5) is 35.3. The third-order valence-electron chi connectivity index (χ3n) is 7.74. The number of aromatic hydroxyl groups is 1. The van der Waals surface area contributed by atoms with Crippen molar-refractivity contribution < 1.29 is 9.84 Å². The molecule has 0 aliphatic carbocycles. The number of nitrogens with zero attached hydrogens (tertiary/aromatic N) is 6. The quantitative estimate of drug-likeness (QED) is 0.310. The smallest absolute Gasteiger partial charge is 0.279 e. The van der Waals surface area contributed by atoms with E-state index < -0.39 is 0 Å². The summed E-state index contributed by atoms with van der Waals surface area (Å²) in [5.41, 5.74) is 3.74. The van der Waals surface area contributed by atoms with E-state index in [2.05, 4.69) is 20.3 Å². The summed E-state index contributed by atoms with van der Waals surface area (Å²) < 4.78 is 8.09. The molecule has 220 valence electrons. The summed E-state index contributed by atoms with van der Waals surface area (Å²) in [7, 11) is 5.52. The van der Waals surface area contributed by atoms with E-state index in [1.54, 1.807) is 43.8 Å². The summed E-state index contributed by atoms with van der Waals surface area (Å²) in [6.45, 7) is 4.83. The maximum atomic E-state index is 13.5. The van der Waals surface area contributed by atoms with Crippen LogP contribution in [0.2, 0.25) is 0 Å². The molecule has 1 aliphatic heterocycles.